The molecule has 1 saturated heterocycles. The number of nitrogens with one attached hydrogen (secondary N) is 2. The second kappa shape index (κ2) is 9.20. The first-order chi connectivity index (χ1) is 15.0. The largest absolute Gasteiger partial charge is 0.384 e. The third-order valence-electron chi connectivity index (χ3n) is 4.64. The lowest BCUT2D eigenvalue weighted by Gasteiger charge is -2.46. The molecule has 32 heavy (non-hydrogen) atoms. The Morgan fingerprint density at radius 2 is 1.97 bits per heavy atom. The quantitative estimate of drug-likeness (QED) is 0.231. The van der Waals surface area contributed by atoms with Gasteiger partial charge in [0.1, 0.15) is 11.4 Å². The fraction of sp³-hybridized carbons (Fsp3) is 0.211. The number of carbonyl (C=O) groups is 1. The van der Waals surface area contributed by atoms with Crippen LogP contribution in [0.4, 0.5) is 24.5 Å². The van der Waals surface area contributed by atoms with Crippen molar-refractivity contribution in [1.82, 2.24) is 10.2 Å². The van der Waals surface area contributed by atoms with Gasteiger partial charge < -0.3 is 26.4 Å². The van der Waals surface area contributed by atoms with Crippen molar-refractivity contribution in [2.24, 2.45) is 5.73 Å². The summed E-state index contributed by atoms with van der Waals surface area (Å²) in [5, 5.41) is 25.7. The number of halogens is 4. The van der Waals surface area contributed by atoms with Crippen molar-refractivity contribution in [1.29, 1.82) is 0 Å². The lowest BCUT2D eigenvalue weighted by molar-refractivity contribution is -0.403. The number of nitrogens with two attached hydrogens (primary N) is 1. The summed E-state index contributed by atoms with van der Waals surface area (Å²) < 4.78 is 43.1. The SMILES string of the molecule is N/C(=C\[N+](=O)[O-])NCC1(O)CN(C(=O)c2ccc(F)c(F)c2Nc2ccc(I)cc2F)C1. The van der Waals surface area contributed by atoms with Gasteiger partial charge in [-0.15, -0.1) is 0 Å². The Morgan fingerprint density at radius 1 is 1.28 bits per heavy atom. The number of hydrogen-bond donors (Lipinski definition) is 4. The highest BCUT2D eigenvalue weighted by Crippen LogP contribution is 2.31. The molecule has 170 valence electrons. The molecule has 0 saturated carbocycles. The average Bonchev–Trinajstić information content (AvgIpc) is 2.68. The molecule has 3 rings (SSSR count). The zero-order chi connectivity index (χ0) is 23.6. The molecule has 0 aromatic heterocycles. The van der Waals surface area contributed by atoms with Crippen molar-refractivity contribution in [3.8, 4) is 0 Å². The van der Waals surface area contributed by atoms with E-state index in [1.807, 2.05) is 22.6 Å². The molecule has 5 N–H and O–H groups in total. The molecule has 13 heteroatoms. The number of β-amino-alcohol motifs (C(OH)–C–C–N with tert-alkyl or cyclic N) is 1. The van der Waals surface area contributed by atoms with Gasteiger partial charge in [-0.2, -0.15) is 0 Å². The molecule has 0 aliphatic carbocycles. The maximum atomic E-state index is 14.5. The first-order valence-electron chi connectivity index (χ1n) is 9.05. The van der Waals surface area contributed by atoms with Crippen molar-refractivity contribution in [3.05, 3.63) is 79.1 Å². The van der Waals surface area contributed by atoms with E-state index in [0.717, 1.165) is 17.0 Å². The van der Waals surface area contributed by atoms with Crippen molar-refractivity contribution < 1.29 is 28.0 Å². The van der Waals surface area contributed by atoms with Crippen LogP contribution in [-0.2, 0) is 0 Å². The Kier molecular flexibility index (Phi) is 6.78. The first kappa shape index (κ1) is 23.6. The van der Waals surface area contributed by atoms with Gasteiger partial charge in [0.05, 0.1) is 35.0 Å². The molecule has 0 atom stereocenters. The predicted octanol–water partition coefficient (Wildman–Crippen LogP) is 2.26. The molecule has 1 fully saturated rings. The van der Waals surface area contributed by atoms with E-state index in [0.29, 0.717) is 9.77 Å². The van der Waals surface area contributed by atoms with E-state index in [-0.39, 0.29) is 36.7 Å². The highest BCUT2D eigenvalue weighted by molar-refractivity contribution is 14.1. The number of anilines is 2. The minimum atomic E-state index is -1.43. The smallest absolute Gasteiger partial charge is 0.273 e. The van der Waals surface area contributed by atoms with Crippen LogP contribution in [0.5, 0.6) is 0 Å². The summed E-state index contributed by atoms with van der Waals surface area (Å²) in [5.74, 6) is -4.31. The minimum Gasteiger partial charge on any atom is -0.384 e. The maximum Gasteiger partial charge on any atom is 0.273 e. The molecule has 2 aromatic carbocycles. The number of likely N-dealkylation sites (tertiary alicyclic amines) is 1. The number of aliphatic hydroxyl groups is 1. The monoisotopic (exact) mass is 563 g/mol. The summed E-state index contributed by atoms with van der Waals surface area (Å²) >= 11 is 1.89. The van der Waals surface area contributed by atoms with Crippen molar-refractivity contribution in [3.63, 3.8) is 0 Å². The summed E-state index contributed by atoms with van der Waals surface area (Å²) in [7, 11) is 0. The van der Waals surface area contributed by atoms with Gasteiger partial charge in [-0.05, 0) is 52.9 Å². The van der Waals surface area contributed by atoms with E-state index in [9.17, 15) is 33.2 Å². The highest BCUT2D eigenvalue weighted by Gasteiger charge is 2.44. The van der Waals surface area contributed by atoms with E-state index in [1.54, 1.807) is 6.07 Å². The zero-order valence-corrected chi connectivity index (χ0v) is 18.4. The van der Waals surface area contributed by atoms with Crippen LogP contribution in [0.15, 0.2) is 42.4 Å². The van der Waals surface area contributed by atoms with Gasteiger partial charge in [0.25, 0.3) is 12.1 Å². The third-order valence-corrected chi connectivity index (χ3v) is 5.31. The van der Waals surface area contributed by atoms with E-state index in [4.69, 9.17) is 5.73 Å². The Hall–Kier alpha value is -3.07. The average molecular weight is 563 g/mol. The zero-order valence-electron chi connectivity index (χ0n) is 16.2. The molecular weight excluding hydrogens is 546 g/mol. The van der Waals surface area contributed by atoms with Gasteiger partial charge in [-0.25, -0.2) is 13.2 Å². The van der Waals surface area contributed by atoms with Crippen LogP contribution >= 0.6 is 22.6 Å². The molecule has 1 aliphatic heterocycles. The van der Waals surface area contributed by atoms with E-state index in [2.05, 4.69) is 10.6 Å². The molecule has 0 spiro atoms. The van der Waals surface area contributed by atoms with Gasteiger partial charge in [0, 0.05) is 10.1 Å². The Labute approximate surface area is 193 Å². The summed E-state index contributed by atoms with van der Waals surface area (Å²) in [6, 6.07) is 5.89. The van der Waals surface area contributed by atoms with Gasteiger partial charge in [0.2, 0.25) is 0 Å². The van der Waals surface area contributed by atoms with Crippen LogP contribution in [0.2, 0.25) is 0 Å². The number of rotatable bonds is 7. The van der Waals surface area contributed by atoms with Gasteiger partial charge in [-0.1, -0.05) is 0 Å². The topological polar surface area (TPSA) is 134 Å². The van der Waals surface area contributed by atoms with Crippen LogP contribution in [-0.4, -0.2) is 46.1 Å². The maximum absolute atomic E-state index is 14.5. The summed E-state index contributed by atoms with van der Waals surface area (Å²) in [6.07, 6.45) is 0.522. The van der Waals surface area contributed by atoms with E-state index < -0.39 is 39.6 Å². The van der Waals surface area contributed by atoms with Crippen molar-refractivity contribution in [2.45, 2.75) is 5.60 Å². The molecule has 9 nitrogen and oxygen atoms in total. The van der Waals surface area contributed by atoms with Crippen molar-refractivity contribution in [2.75, 3.05) is 25.0 Å². The molecular formula is C19H17F3IN5O4. The fourth-order valence-corrected chi connectivity index (χ4v) is 3.55. The van der Waals surface area contributed by atoms with Crippen molar-refractivity contribution >= 4 is 39.9 Å². The van der Waals surface area contributed by atoms with Gasteiger partial charge >= 0.3 is 0 Å². The summed E-state index contributed by atoms with van der Waals surface area (Å²) in [6.45, 7) is -0.564. The first-order valence-corrected chi connectivity index (χ1v) is 10.1. The Bertz CT molecular complexity index is 1110. The van der Waals surface area contributed by atoms with Gasteiger partial charge in [0.15, 0.2) is 17.5 Å². The molecule has 0 bridgehead atoms. The van der Waals surface area contributed by atoms with Crippen LogP contribution in [0.25, 0.3) is 0 Å². The minimum absolute atomic E-state index is 0.152. The number of amides is 1. The normalized spacial score (nSPS) is 15.2. The molecule has 0 unspecified atom stereocenters. The molecule has 2 aromatic rings. The number of hydrogen-bond acceptors (Lipinski definition) is 7. The fourth-order valence-electron chi connectivity index (χ4n) is 3.09. The van der Waals surface area contributed by atoms with Crippen LogP contribution in [0, 0.1) is 31.1 Å². The standard InChI is InChI=1S/C19H17F3IN5O4/c20-12-3-2-11(17(16(12)22)26-14-4-1-10(23)5-13(14)21)18(29)27-8-19(30,9-27)7-25-15(24)6-28(31)32/h1-6,25-26,30H,7-9,24H2/b15-6+. The predicted molar refractivity (Wildman–Crippen MR) is 117 cm³/mol. The molecule has 0 radical (unpaired) electrons. The van der Waals surface area contributed by atoms with E-state index >= 15 is 0 Å². The molecule has 1 heterocycles. The third kappa shape index (κ3) is 5.21. The summed E-state index contributed by atoms with van der Waals surface area (Å²) in [5.41, 5.74) is 3.01. The number of nitro groups is 1. The van der Waals surface area contributed by atoms with E-state index in [1.165, 1.54) is 12.1 Å². The number of carbonyl (C=O) groups excluding carboxylic acids is 1. The van der Waals surface area contributed by atoms with Crippen LogP contribution < -0.4 is 16.4 Å². The Morgan fingerprint density at radius 3 is 2.59 bits per heavy atom. The van der Waals surface area contributed by atoms with Crippen LogP contribution in [0.1, 0.15) is 10.4 Å². The second-order valence-electron chi connectivity index (χ2n) is 7.14. The molecule has 1 amide bonds. The van der Waals surface area contributed by atoms with Crippen LogP contribution in [0.3, 0.4) is 0 Å². The summed E-state index contributed by atoms with van der Waals surface area (Å²) in [4.78, 5) is 23.6. The lowest BCUT2D eigenvalue weighted by Crippen LogP contribution is -2.67. The second-order valence-corrected chi connectivity index (χ2v) is 8.39. The van der Waals surface area contributed by atoms with Gasteiger partial charge in [-0.3, -0.25) is 14.9 Å². The number of benzene rings is 2. The molecule has 1 aliphatic rings. The highest BCUT2D eigenvalue weighted by atomic mass is 127. The lowest BCUT2D eigenvalue weighted by atomic mass is 9.92. The number of nitrogens with zero attached hydrogens (tertiary/aromatic N) is 2. The Balaban J connectivity index is 1.76.